The monoisotopic (exact) mass is 480 g/mol. The van der Waals surface area contributed by atoms with Crippen LogP contribution in [0, 0.1) is 6.92 Å². The van der Waals surface area contributed by atoms with Crippen LogP contribution in [0.4, 0.5) is 0 Å². The van der Waals surface area contributed by atoms with Gasteiger partial charge >= 0.3 is 0 Å². The lowest BCUT2D eigenvalue weighted by Crippen LogP contribution is -2.25. The van der Waals surface area contributed by atoms with Crippen LogP contribution in [-0.2, 0) is 9.84 Å². The van der Waals surface area contributed by atoms with Crippen LogP contribution in [0.3, 0.4) is 0 Å². The summed E-state index contributed by atoms with van der Waals surface area (Å²) < 4.78 is 31.9. The van der Waals surface area contributed by atoms with E-state index in [0.29, 0.717) is 29.1 Å². The minimum Gasteiger partial charge on any atom is -0.494 e. The molecule has 2 N–H and O–H groups in total. The quantitative estimate of drug-likeness (QED) is 0.419. The summed E-state index contributed by atoms with van der Waals surface area (Å²) in [6.07, 6.45) is 8.39. The van der Waals surface area contributed by atoms with E-state index in [1.54, 1.807) is 50.4 Å². The largest absolute Gasteiger partial charge is 0.494 e. The van der Waals surface area contributed by atoms with Gasteiger partial charge in [0.2, 0.25) is 9.84 Å². The number of aromatic amines is 1. The third-order valence-electron chi connectivity index (χ3n) is 5.03. The average molecular weight is 481 g/mol. The van der Waals surface area contributed by atoms with E-state index in [1.165, 1.54) is 18.3 Å². The Bertz CT molecular complexity index is 1370. The Morgan fingerprint density at radius 2 is 2.03 bits per heavy atom. The van der Waals surface area contributed by atoms with Gasteiger partial charge in [0.25, 0.3) is 5.91 Å². The molecule has 0 radical (unpaired) electrons. The van der Waals surface area contributed by atoms with E-state index in [1.807, 2.05) is 6.92 Å². The highest BCUT2D eigenvalue weighted by molar-refractivity contribution is 7.95. The van der Waals surface area contributed by atoms with E-state index in [2.05, 4.69) is 27.1 Å². The van der Waals surface area contributed by atoms with E-state index in [9.17, 15) is 13.2 Å². The lowest BCUT2D eigenvalue weighted by Gasteiger charge is -2.11. The highest BCUT2D eigenvalue weighted by atomic mass is 32.2. The smallest absolute Gasteiger partial charge is 0.253 e. The first-order valence-electron chi connectivity index (χ1n) is 10.8. The second-order valence-corrected chi connectivity index (χ2v) is 9.70. The number of benzene rings is 1. The minimum atomic E-state index is -3.77. The summed E-state index contributed by atoms with van der Waals surface area (Å²) in [5.41, 5.74) is 2.38. The van der Waals surface area contributed by atoms with E-state index in [0.717, 1.165) is 17.4 Å². The molecule has 0 fully saturated rings. The van der Waals surface area contributed by atoms with Crippen molar-refractivity contribution in [3.8, 4) is 5.75 Å². The number of allylic oxidation sites excluding steroid dienone is 3. The van der Waals surface area contributed by atoms with Crippen molar-refractivity contribution in [2.75, 3.05) is 13.2 Å². The Morgan fingerprint density at radius 3 is 2.74 bits per heavy atom. The number of pyridine rings is 1. The SMILES string of the molecule is C=C/C(=C\C=C(/C)CNC(=O)c1cnc2[nH]ncc2c1)S(=O)(=O)c1ccc(OCCC)cc1C. The maximum atomic E-state index is 13.2. The molecule has 0 atom stereocenters. The van der Waals surface area contributed by atoms with E-state index in [-0.39, 0.29) is 22.3 Å². The van der Waals surface area contributed by atoms with Gasteiger partial charge in [0.05, 0.1) is 28.2 Å². The first-order chi connectivity index (χ1) is 16.3. The van der Waals surface area contributed by atoms with Crippen molar-refractivity contribution < 1.29 is 17.9 Å². The second-order valence-electron chi connectivity index (χ2n) is 7.78. The second kappa shape index (κ2) is 10.9. The van der Waals surface area contributed by atoms with Gasteiger partial charge in [0.1, 0.15) is 5.75 Å². The summed E-state index contributed by atoms with van der Waals surface area (Å²) in [5.74, 6) is 0.348. The molecular formula is C25H28N4O4S. The predicted octanol–water partition coefficient (Wildman–Crippen LogP) is 4.28. The fraction of sp³-hybridized carbons (Fsp3) is 0.240. The summed E-state index contributed by atoms with van der Waals surface area (Å²) in [7, 11) is -3.77. The van der Waals surface area contributed by atoms with Crippen molar-refractivity contribution in [1.29, 1.82) is 0 Å². The van der Waals surface area contributed by atoms with Crippen LogP contribution < -0.4 is 10.1 Å². The molecule has 0 unspecified atom stereocenters. The highest BCUT2D eigenvalue weighted by Crippen LogP contribution is 2.27. The fourth-order valence-corrected chi connectivity index (χ4v) is 4.64. The van der Waals surface area contributed by atoms with Crippen molar-refractivity contribution in [3.05, 3.63) is 83.1 Å². The fourth-order valence-electron chi connectivity index (χ4n) is 3.19. The predicted molar refractivity (Wildman–Crippen MR) is 132 cm³/mol. The molecule has 0 saturated carbocycles. The van der Waals surface area contributed by atoms with Crippen molar-refractivity contribution >= 4 is 26.8 Å². The molecule has 0 saturated heterocycles. The summed E-state index contributed by atoms with van der Waals surface area (Å²) in [4.78, 5) is 16.9. The third-order valence-corrected chi connectivity index (χ3v) is 6.99. The minimum absolute atomic E-state index is 0.0677. The first-order valence-corrected chi connectivity index (χ1v) is 12.3. The van der Waals surface area contributed by atoms with Crippen LogP contribution >= 0.6 is 0 Å². The van der Waals surface area contributed by atoms with Crippen LogP contribution in [-0.4, -0.2) is 42.7 Å². The van der Waals surface area contributed by atoms with Gasteiger partial charge in [0.15, 0.2) is 5.65 Å². The van der Waals surface area contributed by atoms with Crippen molar-refractivity contribution in [2.24, 2.45) is 0 Å². The molecule has 1 aromatic carbocycles. The summed E-state index contributed by atoms with van der Waals surface area (Å²) >= 11 is 0. The molecule has 0 bridgehead atoms. The summed E-state index contributed by atoms with van der Waals surface area (Å²) in [5, 5.41) is 10.2. The summed E-state index contributed by atoms with van der Waals surface area (Å²) in [6.45, 7) is 10.0. The van der Waals surface area contributed by atoms with Crippen molar-refractivity contribution in [2.45, 2.75) is 32.1 Å². The number of aryl methyl sites for hydroxylation is 1. The maximum absolute atomic E-state index is 13.2. The lowest BCUT2D eigenvalue weighted by atomic mass is 10.2. The molecule has 3 rings (SSSR count). The lowest BCUT2D eigenvalue weighted by molar-refractivity contribution is 0.0957. The molecule has 178 valence electrons. The van der Waals surface area contributed by atoms with Crippen LogP contribution in [0.25, 0.3) is 11.0 Å². The molecule has 0 spiro atoms. The number of carbonyl (C=O) groups excluding carboxylic acids is 1. The number of aromatic nitrogens is 3. The molecule has 2 heterocycles. The number of nitrogens with one attached hydrogen (secondary N) is 2. The number of nitrogens with zero attached hydrogens (tertiary/aromatic N) is 2. The average Bonchev–Trinajstić information content (AvgIpc) is 3.29. The molecule has 0 aliphatic heterocycles. The molecule has 34 heavy (non-hydrogen) atoms. The maximum Gasteiger partial charge on any atom is 0.253 e. The van der Waals surface area contributed by atoms with Gasteiger partial charge < -0.3 is 10.1 Å². The van der Waals surface area contributed by atoms with Crippen molar-refractivity contribution in [1.82, 2.24) is 20.5 Å². The number of rotatable bonds is 10. The zero-order chi connectivity index (χ0) is 24.7. The number of hydrogen-bond acceptors (Lipinski definition) is 6. The number of amides is 1. The van der Waals surface area contributed by atoms with Gasteiger partial charge in [-0.3, -0.25) is 9.89 Å². The number of hydrogen-bond donors (Lipinski definition) is 2. The number of ether oxygens (including phenoxy) is 1. The zero-order valence-electron chi connectivity index (χ0n) is 19.5. The molecule has 9 heteroatoms. The van der Waals surface area contributed by atoms with Gasteiger partial charge in [0, 0.05) is 18.1 Å². The van der Waals surface area contributed by atoms with Crippen LogP contribution in [0.1, 0.15) is 36.2 Å². The highest BCUT2D eigenvalue weighted by Gasteiger charge is 2.20. The third kappa shape index (κ3) is 5.79. The molecule has 0 aliphatic carbocycles. The van der Waals surface area contributed by atoms with Crippen LogP contribution in [0.5, 0.6) is 5.75 Å². The normalized spacial score (nSPS) is 12.6. The van der Waals surface area contributed by atoms with E-state index < -0.39 is 9.84 Å². The van der Waals surface area contributed by atoms with Gasteiger partial charge in [-0.15, -0.1) is 0 Å². The van der Waals surface area contributed by atoms with Gasteiger partial charge in [-0.1, -0.05) is 31.2 Å². The van der Waals surface area contributed by atoms with Crippen molar-refractivity contribution in [3.63, 3.8) is 0 Å². The van der Waals surface area contributed by atoms with Gasteiger partial charge in [-0.25, -0.2) is 13.4 Å². The molecule has 0 aliphatic rings. The Balaban J connectivity index is 1.71. The Morgan fingerprint density at radius 1 is 1.24 bits per heavy atom. The Labute approximate surface area is 199 Å². The zero-order valence-corrected chi connectivity index (χ0v) is 20.3. The molecule has 2 aromatic heterocycles. The molecular weight excluding hydrogens is 452 g/mol. The number of sulfone groups is 1. The van der Waals surface area contributed by atoms with E-state index in [4.69, 9.17) is 4.74 Å². The standard InChI is InChI=1S/C25H28N4O4S/c1-5-11-33-21-8-10-23(18(4)12-21)34(31,32)22(6-2)9-7-17(3)14-27-25(30)20-13-19-16-28-29-24(19)26-15-20/h6-10,12-13,15-16H,2,5,11,14H2,1,3-4H3,(H,27,30)(H,26,28,29)/b17-7+,22-9+. The first kappa shape index (κ1) is 24.9. The van der Waals surface area contributed by atoms with Gasteiger partial charge in [-0.05, 0) is 56.2 Å². The van der Waals surface area contributed by atoms with Gasteiger partial charge in [-0.2, -0.15) is 5.10 Å². The summed E-state index contributed by atoms with van der Waals surface area (Å²) in [6, 6.07) is 6.62. The number of H-pyrrole nitrogens is 1. The molecule has 3 aromatic rings. The van der Waals surface area contributed by atoms with E-state index >= 15 is 0 Å². The number of fused-ring (bicyclic) bond motifs is 1. The molecule has 8 nitrogen and oxygen atoms in total. The van der Waals surface area contributed by atoms with Crippen LogP contribution in [0.2, 0.25) is 0 Å². The Kier molecular flexibility index (Phi) is 8.01. The topological polar surface area (TPSA) is 114 Å². The van der Waals surface area contributed by atoms with Crippen LogP contribution in [0.15, 0.2) is 76.8 Å². The Hall–Kier alpha value is -3.72. The molecule has 1 amide bonds. The number of carbonyl (C=O) groups is 1.